The fourth-order valence-electron chi connectivity index (χ4n) is 5.86. The highest BCUT2D eigenvalue weighted by Gasteiger charge is 2.16. The molecule has 0 fully saturated rings. The predicted octanol–water partition coefficient (Wildman–Crippen LogP) is 9.98. The number of aryl methyl sites for hydroxylation is 2. The SMILES string of the molecule is Cc1cccc(N(c2ccc(OC/C(O)=C\O)cc2)c2ccc(-c3ccc(N(c4ccc(OCC(O)CO)cc4)c4cccc(C)c4)cc3)cc2)c1. The van der Waals surface area contributed by atoms with Crippen LogP contribution in [0.2, 0.25) is 0 Å². The van der Waals surface area contributed by atoms with Gasteiger partial charge in [-0.3, -0.25) is 0 Å². The van der Waals surface area contributed by atoms with Gasteiger partial charge in [0.05, 0.1) is 6.61 Å². The van der Waals surface area contributed by atoms with Crippen LogP contribution in [0.1, 0.15) is 11.1 Å². The van der Waals surface area contributed by atoms with Crippen LogP contribution in [0.5, 0.6) is 11.5 Å². The third-order valence-corrected chi connectivity index (χ3v) is 8.48. The summed E-state index contributed by atoms with van der Waals surface area (Å²) in [6.45, 7) is 3.70. The molecule has 1 atom stereocenters. The smallest absolute Gasteiger partial charge is 0.164 e. The summed E-state index contributed by atoms with van der Waals surface area (Å²) in [5.41, 5.74) is 10.4. The first kappa shape index (κ1) is 35.6. The molecule has 0 bridgehead atoms. The Balaban J connectivity index is 1.26. The minimum absolute atomic E-state index is 0.0179. The number of aliphatic hydroxyl groups is 4. The lowest BCUT2D eigenvalue weighted by molar-refractivity contribution is 0.0536. The van der Waals surface area contributed by atoms with Crippen LogP contribution in [0.15, 0.2) is 158 Å². The molecule has 0 amide bonds. The van der Waals surface area contributed by atoms with Crippen molar-refractivity contribution in [2.75, 3.05) is 29.6 Å². The van der Waals surface area contributed by atoms with E-state index in [9.17, 15) is 10.2 Å². The van der Waals surface area contributed by atoms with Gasteiger partial charge in [-0.1, -0.05) is 48.5 Å². The number of benzene rings is 6. The molecule has 6 aromatic rings. The molecule has 0 aliphatic carbocycles. The van der Waals surface area contributed by atoms with Gasteiger partial charge in [0.2, 0.25) is 0 Å². The molecule has 0 radical (unpaired) electrons. The zero-order valence-corrected chi connectivity index (χ0v) is 29.1. The van der Waals surface area contributed by atoms with Gasteiger partial charge in [0.15, 0.2) is 5.76 Å². The van der Waals surface area contributed by atoms with Crippen molar-refractivity contribution in [3.8, 4) is 22.6 Å². The maximum absolute atomic E-state index is 9.67. The lowest BCUT2D eigenvalue weighted by Crippen LogP contribution is -2.21. The van der Waals surface area contributed by atoms with Crippen LogP contribution in [0, 0.1) is 13.8 Å². The summed E-state index contributed by atoms with van der Waals surface area (Å²) >= 11 is 0. The molecule has 1 unspecified atom stereocenters. The van der Waals surface area contributed by atoms with Crippen LogP contribution in [-0.2, 0) is 0 Å². The van der Waals surface area contributed by atoms with E-state index < -0.39 is 6.10 Å². The molecular formula is C44H42N2O6. The number of hydrogen-bond donors (Lipinski definition) is 4. The largest absolute Gasteiger partial charge is 0.512 e. The zero-order chi connectivity index (χ0) is 36.5. The van der Waals surface area contributed by atoms with Crippen molar-refractivity contribution in [3.63, 3.8) is 0 Å². The molecular weight excluding hydrogens is 652 g/mol. The Bertz CT molecular complexity index is 2080. The topological polar surface area (TPSA) is 106 Å². The van der Waals surface area contributed by atoms with Crippen molar-refractivity contribution in [2.24, 2.45) is 0 Å². The second kappa shape index (κ2) is 16.7. The Morgan fingerprint density at radius 3 is 1.37 bits per heavy atom. The number of ether oxygens (including phenoxy) is 2. The maximum atomic E-state index is 9.67. The van der Waals surface area contributed by atoms with Gasteiger partial charge in [-0.05, 0) is 133 Å². The highest BCUT2D eigenvalue weighted by atomic mass is 16.5. The van der Waals surface area contributed by atoms with Crippen LogP contribution < -0.4 is 19.3 Å². The molecule has 8 nitrogen and oxygen atoms in total. The zero-order valence-electron chi connectivity index (χ0n) is 29.1. The second-order valence-electron chi connectivity index (χ2n) is 12.5. The summed E-state index contributed by atoms with van der Waals surface area (Å²) < 4.78 is 11.2. The Kier molecular flexibility index (Phi) is 11.4. The van der Waals surface area contributed by atoms with E-state index in [0.29, 0.717) is 17.8 Å². The lowest BCUT2D eigenvalue weighted by Gasteiger charge is -2.27. The Morgan fingerprint density at radius 1 is 0.577 bits per heavy atom. The average molecular weight is 695 g/mol. The van der Waals surface area contributed by atoms with E-state index in [-0.39, 0.29) is 25.6 Å². The van der Waals surface area contributed by atoms with Crippen molar-refractivity contribution < 1.29 is 29.9 Å². The van der Waals surface area contributed by atoms with Gasteiger partial charge in [-0.15, -0.1) is 0 Å². The molecule has 6 rings (SSSR count). The van der Waals surface area contributed by atoms with E-state index >= 15 is 0 Å². The molecule has 6 aromatic carbocycles. The van der Waals surface area contributed by atoms with E-state index in [1.54, 1.807) is 0 Å². The highest BCUT2D eigenvalue weighted by molar-refractivity contribution is 5.81. The van der Waals surface area contributed by atoms with Crippen LogP contribution >= 0.6 is 0 Å². The van der Waals surface area contributed by atoms with Crippen LogP contribution in [-0.4, -0.2) is 46.4 Å². The number of rotatable bonds is 14. The summed E-state index contributed by atoms with van der Waals surface area (Å²) in [4.78, 5) is 4.37. The van der Waals surface area contributed by atoms with Crippen molar-refractivity contribution in [2.45, 2.75) is 20.0 Å². The molecule has 4 N–H and O–H groups in total. The van der Waals surface area contributed by atoms with E-state index in [1.165, 1.54) is 0 Å². The third-order valence-electron chi connectivity index (χ3n) is 8.48. The van der Waals surface area contributed by atoms with Crippen LogP contribution in [0.25, 0.3) is 11.1 Å². The van der Waals surface area contributed by atoms with E-state index in [1.807, 2.05) is 60.7 Å². The Morgan fingerprint density at radius 2 is 0.981 bits per heavy atom. The first-order chi connectivity index (χ1) is 25.3. The van der Waals surface area contributed by atoms with E-state index in [0.717, 1.165) is 56.4 Å². The van der Waals surface area contributed by atoms with Gasteiger partial charge in [-0.25, -0.2) is 0 Å². The third kappa shape index (κ3) is 8.73. The first-order valence-corrected chi connectivity index (χ1v) is 17.0. The van der Waals surface area contributed by atoms with Crippen molar-refractivity contribution >= 4 is 34.1 Å². The molecule has 52 heavy (non-hydrogen) atoms. The van der Waals surface area contributed by atoms with Crippen LogP contribution in [0.4, 0.5) is 34.1 Å². The first-order valence-electron chi connectivity index (χ1n) is 17.0. The molecule has 8 heteroatoms. The molecule has 0 saturated carbocycles. The molecule has 0 aliphatic rings. The minimum Gasteiger partial charge on any atom is -0.512 e. The molecule has 264 valence electrons. The number of nitrogens with zero attached hydrogens (tertiary/aromatic N) is 2. The fourth-order valence-corrected chi connectivity index (χ4v) is 5.86. The summed E-state index contributed by atoms with van der Waals surface area (Å²) in [6, 6.07) is 49.0. The molecule has 0 saturated heterocycles. The fraction of sp³-hybridized carbons (Fsp3) is 0.136. The van der Waals surface area contributed by atoms with Crippen molar-refractivity contribution in [3.05, 3.63) is 169 Å². The van der Waals surface area contributed by atoms with Crippen molar-refractivity contribution in [1.29, 1.82) is 0 Å². The second-order valence-corrected chi connectivity index (χ2v) is 12.5. The quantitative estimate of drug-likeness (QED) is 0.0836. The van der Waals surface area contributed by atoms with Gasteiger partial charge in [0.1, 0.15) is 37.1 Å². The minimum atomic E-state index is -0.928. The number of hydrogen-bond acceptors (Lipinski definition) is 8. The summed E-state index contributed by atoms with van der Waals surface area (Å²) in [7, 11) is 0. The molecule has 0 aromatic heterocycles. The molecule has 0 aliphatic heterocycles. The van der Waals surface area contributed by atoms with E-state index in [2.05, 4.69) is 109 Å². The summed E-state index contributed by atoms with van der Waals surface area (Å²) in [5, 5.41) is 37.3. The normalized spacial score (nSPS) is 11.9. The number of anilines is 6. The Labute approximate surface area is 304 Å². The van der Waals surface area contributed by atoms with E-state index in [4.69, 9.17) is 19.7 Å². The average Bonchev–Trinajstić information content (AvgIpc) is 3.18. The number of aliphatic hydroxyl groups excluding tert-OH is 4. The summed E-state index contributed by atoms with van der Waals surface area (Å²) in [5.74, 6) is 0.931. The Hall–Kier alpha value is -6.22. The summed E-state index contributed by atoms with van der Waals surface area (Å²) in [6.07, 6.45) is -0.304. The van der Waals surface area contributed by atoms with Gasteiger partial charge >= 0.3 is 0 Å². The lowest BCUT2D eigenvalue weighted by atomic mass is 10.0. The van der Waals surface area contributed by atoms with Crippen LogP contribution in [0.3, 0.4) is 0 Å². The molecule has 0 heterocycles. The highest BCUT2D eigenvalue weighted by Crippen LogP contribution is 2.39. The monoisotopic (exact) mass is 694 g/mol. The maximum Gasteiger partial charge on any atom is 0.164 e. The predicted molar refractivity (Wildman–Crippen MR) is 208 cm³/mol. The van der Waals surface area contributed by atoms with Gasteiger partial charge < -0.3 is 39.7 Å². The molecule has 0 spiro atoms. The van der Waals surface area contributed by atoms with Gasteiger partial charge in [-0.2, -0.15) is 0 Å². The van der Waals surface area contributed by atoms with Crippen molar-refractivity contribution in [1.82, 2.24) is 0 Å². The standard InChI is InChI=1S/C44H42N2O6/c1-31-5-3-7-39(25-31)45(37-17-21-43(22-18-37)51-29-41(49)27-47)35-13-9-33(10-14-35)34-11-15-36(16-12-34)46(40-8-4-6-32(2)26-40)38-19-23-44(24-20-38)52-30-42(50)28-48/h3-27,42,47-50H,28-30H2,1-2H3/b41-27+. The van der Waals surface area contributed by atoms with Gasteiger partial charge in [0, 0.05) is 34.1 Å². The van der Waals surface area contributed by atoms with Gasteiger partial charge in [0.25, 0.3) is 0 Å².